The number of hydroxylamine groups is 1. The Balaban J connectivity index is 1.37. The van der Waals surface area contributed by atoms with Gasteiger partial charge >= 0.3 is 0 Å². The van der Waals surface area contributed by atoms with Crippen molar-refractivity contribution in [2.75, 3.05) is 33.3 Å². The Hall–Kier alpha value is -3.41. The number of hydrogen-bond acceptors (Lipinski definition) is 6. The van der Waals surface area contributed by atoms with Crippen LogP contribution in [0.5, 0.6) is 0 Å². The summed E-state index contributed by atoms with van der Waals surface area (Å²) in [6.45, 7) is 3.05. The predicted octanol–water partition coefficient (Wildman–Crippen LogP) is 2.60. The third kappa shape index (κ3) is 5.54. The number of nitrogens with zero attached hydrogens (tertiary/aromatic N) is 4. The van der Waals surface area contributed by atoms with Crippen molar-refractivity contribution in [3.63, 3.8) is 0 Å². The molecule has 2 aliphatic rings. The lowest BCUT2D eigenvalue weighted by Gasteiger charge is -2.40. The van der Waals surface area contributed by atoms with E-state index < -0.39 is 23.1 Å². The van der Waals surface area contributed by atoms with Crippen LogP contribution in [-0.4, -0.2) is 75.2 Å². The molecule has 0 spiro atoms. The van der Waals surface area contributed by atoms with Gasteiger partial charge in [-0.15, -0.1) is 0 Å². The van der Waals surface area contributed by atoms with Crippen molar-refractivity contribution < 1.29 is 28.3 Å². The normalized spacial score (nSPS) is 17.9. The van der Waals surface area contributed by atoms with Crippen LogP contribution in [0.25, 0.3) is 10.9 Å². The van der Waals surface area contributed by atoms with Gasteiger partial charge in [0.2, 0.25) is 5.91 Å². The molecule has 0 atom stereocenters. The Bertz CT molecular complexity index is 1350. The van der Waals surface area contributed by atoms with Gasteiger partial charge in [-0.1, -0.05) is 6.07 Å². The predicted molar refractivity (Wildman–Crippen MR) is 135 cm³/mol. The fraction of sp³-hybridized carbons (Fsp3) is 0.444. The first-order valence-corrected chi connectivity index (χ1v) is 12.7. The van der Waals surface area contributed by atoms with Gasteiger partial charge < -0.3 is 14.6 Å². The number of nitrogens with one attached hydrogen (secondary N) is 1. The molecular weight excluding hydrogens is 496 g/mol. The molecule has 0 bridgehead atoms. The van der Waals surface area contributed by atoms with Crippen LogP contribution in [0.15, 0.2) is 36.7 Å². The van der Waals surface area contributed by atoms with Crippen molar-refractivity contribution in [1.82, 2.24) is 24.8 Å². The second-order valence-corrected chi connectivity index (χ2v) is 10.2. The van der Waals surface area contributed by atoms with E-state index in [9.17, 15) is 23.5 Å². The zero-order valence-electron chi connectivity index (χ0n) is 21.3. The number of β-amino-alcohol motifs (C(OH)–C–C–N with tert-alkyl or cyclic N) is 1. The van der Waals surface area contributed by atoms with Crippen LogP contribution in [0, 0.1) is 11.6 Å². The Kier molecular flexibility index (Phi) is 7.42. The fourth-order valence-electron chi connectivity index (χ4n) is 5.37. The zero-order valence-corrected chi connectivity index (χ0v) is 21.3. The van der Waals surface area contributed by atoms with Gasteiger partial charge in [0, 0.05) is 62.4 Å². The summed E-state index contributed by atoms with van der Waals surface area (Å²) in [6.07, 6.45) is 5.93. The van der Waals surface area contributed by atoms with Gasteiger partial charge in [-0.25, -0.2) is 19.2 Å². The first kappa shape index (κ1) is 26.2. The Morgan fingerprint density at radius 3 is 2.63 bits per heavy atom. The third-order valence-corrected chi connectivity index (χ3v) is 7.47. The average molecular weight is 528 g/mol. The molecule has 2 amide bonds. The Labute approximate surface area is 218 Å². The van der Waals surface area contributed by atoms with Crippen molar-refractivity contribution in [1.29, 1.82) is 0 Å². The lowest BCUT2D eigenvalue weighted by atomic mass is 9.90. The number of hydrogen-bond donors (Lipinski definition) is 2. The summed E-state index contributed by atoms with van der Waals surface area (Å²) in [7, 11) is 1.34. The van der Waals surface area contributed by atoms with Crippen LogP contribution in [-0.2, 0) is 22.7 Å². The molecular formula is C27H31F2N5O4. The number of carbonyl (C=O) groups is 2. The van der Waals surface area contributed by atoms with Crippen LogP contribution in [0.2, 0.25) is 0 Å². The van der Waals surface area contributed by atoms with Gasteiger partial charge in [0.25, 0.3) is 5.91 Å². The molecule has 4 heterocycles. The highest BCUT2D eigenvalue weighted by molar-refractivity contribution is 5.96. The fourth-order valence-corrected chi connectivity index (χ4v) is 5.37. The van der Waals surface area contributed by atoms with Crippen molar-refractivity contribution in [2.24, 2.45) is 0 Å². The topological polar surface area (TPSA) is 99.9 Å². The first-order valence-electron chi connectivity index (χ1n) is 12.7. The molecule has 2 N–H and O–H groups in total. The lowest BCUT2D eigenvalue weighted by molar-refractivity contribution is -0.132. The molecule has 2 fully saturated rings. The van der Waals surface area contributed by atoms with E-state index in [2.05, 4.69) is 15.4 Å². The number of halogens is 2. The van der Waals surface area contributed by atoms with E-state index in [1.807, 2.05) is 10.8 Å². The molecule has 5 rings (SSSR count). The minimum absolute atomic E-state index is 0.105. The molecule has 2 saturated heterocycles. The second kappa shape index (κ2) is 10.8. The number of fused-ring (bicyclic) bond motifs is 1. The largest absolute Gasteiger partial charge is 0.388 e. The summed E-state index contributed by atoms with van der Waals surface area (Å²) in [6, 6.07) is 5.18. The third-order valence-electron chi connectivity index (χ3n) is 7.47. The molecule has 11 heteroatoms. The summed E-state index contributed by atoms with van der Waals surface area (Å²) in [5.74, 6) is -1.66. The van der Waals surface area contributed by atoms with Crippen LogP contribution in [0.3, 0.4) is 0 Å². The molecule has 3 aromatic rings. The summed E-state index contributed by atoms with van der Waals surface area (Å²) < 4.78 is 29.7. The van der Waals surface area contributed by atoms with E-state index >= 15 is 0 Å². The first-order chi connectivity index (χ1) is 18.2. The minimum atomic E-state index is -0.903. The molecule has 0 radical (unpaired) electrons. The highest BCUT2D eigenvalue weighted by Crippen LogP contribution is 2.29. The maximum atomic E-state index is 14.4. The van der Waals surface area contributed by atoms with Crippen LogP contribution in [0.4, 0.5) is 8.78 Å². The Morgan fingerprint density at radius 1 is 1.16 bits per heavy atom. The van der Waals surface area contributed by atoms with Gasteiger partial charge in [-0.3, -0.25) is 19.3 Å². The molecule has 2 aromatic heterocycles. The molecule has 0 unspecified atom stereocenters. The van der Waals surface area contributed by atoms with Gasteiger partial charge in [0.15, 0.2) is 0 Å². The van der Waals surface area contributed by atoms with E-state index in [0.29, 0.717) is 63.1 Å². The highest BCUT2D eigenvalue weighted by Gasteiger charge is 2.36. The van der Waals surface area contributed by atoms with Crippen molar-refractivity contribution in [3.05, 3.63) is 65.1 Å². The summed E-state index contributed by atoms with van der Waals surface area (Å²) >= 11 is 0. The SMILES string of the molecule is CONC(=O)c1cc2c(CN3CCC(O)(CN4CCCC4=O)CC3)cn(Cc3ccc(F)cc3F)c2cn1. The number of piperidine rings is 1. The average Bonchev–Trinajstić information content (AvgIpc) is 3.44. The van der Waals surface area contributed by atoms with Crippen molar-refractivity contribution in [2.45, 2.75) is 44.4 Å². The van der Waals surface area contributed by atoms with E-state index in [1.165, 1.54) is 19.2 Å². The molecule has 9 nitrogen and oxygen atoms in total. The quantitative estimate of drug-likeness (QED) is 0.437. The standard InChI is InChI=1S/C27H31F2N5O4/c1-38-31-26(36)23-12-21-19(14-32-9-6-27(37,7-10-32)17-33-8-2-3-25(33)35)16-34(24(21)13-30-23)15-18-4-5-20(28)11-22(18)29/h4-5,11-13,16,37H,2-3,6-10,14-15,17H2,1H3,(H,31,36). The highest BCUT2D eigenvalue weighted by atomic mass is 19.1. The maximum absolute atomic E-state index is 14.4. The number of benzene rings is 1. The number of carbonyl (C=O) groups excluding carboxylic acids is 2. The van der Waals surface area contributed by atoms with Crippen molar-refractivity contribution >= 4 is 22.7 Å². The maximum Gasteiger partial charge on any atom is 0.293 e. The molecule has 0 aliphatic carbocycles. The summed E-state index contributed by atoms with van der Waals surface area (Å²) in [4.78, 5) is 37.3. The number of pyridine rings is 1. The number of amides is 2. The molecule has 38 heavy (non-hydrogen) atoms. The van der Waals surface area contributed by atoms with Gasteiger partial charge in [0.05, 0.1) is 31.0 Å². The number of rotatable bonds is 8. The monoisotopic (exact) mass is 527 g/mol. The van der Waals surface area contributed by atoms with E-state index in [4.69, 9.17) is 4.84 Å². The lowest BCUT2D eigenvalue weighted by Crippen LogP contribution is -2.51. The number of aliphatic hydroxyl groups is 1. The molecule has 1 aromatic carbocycles. The summed E-state index contributed by atoms with van der Waals surface area (Å²) in [5.41, 5.74) is 3.49. The van der Waals surface area contributed by atoms with Crippen LogP contribution >= 0.6 is 0 Å². The van der Waals surface area contributed by atoms with Gasteiger partial charge in [-0.2, -0.15) is 0 Å². The second-order valence-electron chi connectivity index (χ2n) is 10.2. The molecule has 0 saturated carbocycles. The van der Waals surface area contributed by atoms with E-state index in [-0.39, 0.29) is 18.1 Å². The van der Waals surface area contributed by atoms with Crippen LogP contribution in [0.1, 0.15) is 47.3 Å². The Morgan fingerprint density at radius 2 is 1.95 bits per heavy atom. The zero-order chi connectivity index (χ0) is 26.9. The summed E-state index contributed by atoms with van der Waals surface area (Å²) in [5, 5.41) is 11.9. The van der Waals surface area contributed by atoms with E-state index in [0.717, 1.165) is 23.4 Å². The van der Waals surface area contributed by atoms with Gasteiger partial charge in [0.1, 0.15) is 17.3 Å². The van der Waals surface area contributed by atoms with Gasteiger partial charge in [-0.05, 0) is 37.0 Å². The number of likely N-dealkylation sites (tertiary alicyclic amines) is 2. The smallest absolute Gasteiger partial charge is 0.293 e. The van der Waals surface area contributed by atoms with Crippen molar-refractivity contribution in [3.8, 4) is 0 Å². The number of aromatic nitrogens is 2. The van der Waals surface area contributed by atoms with E-state index in [1.54, 1.807) is 17.2 Å². The molecule has 202 valence electrons. The minimum Gasteiger partial charge on any atom is -0.388 e. The van der Waals surface area contributed by atoms with Crippen LogP contribution < -0.4 is 5.48 Å². The molecule has 2 aliphatic heterocycles.